The topological polar surface area (TPSA) is 50.4 Å². The number of fused-ring (bicyclic) bond motifs is 1. The van der Waals surface area contributed by atoms with E-state index in [2.05, 4.69) is 16.7 Å². The standard InChI is InChI=1S/C23H22N2O2/c26-23(24-15-19-16-27-21-14-8-7-13-20(19)21)25-22(17-9-3-1-4-10-17)18-11-5-2-6-12-18/h1-14,19,22H,15-16H2,(H2,24,25,26)/t19-/m1/s1. The third kappa shape index (κ3) is 3.95. The lowest BCUT2D eigenvalue weighted by atomic mass is 9.99. The molecule has 4 nitrogen and oxygen atoms in total. The summed E-state index contributed by atoms with van der Waals surface area (Å²) >= 11 is 0. The molecular weight excluding hydrogens is 336 g/mol. The summed E-state index contributed by atoms with van der Waals surface area (Å²) in [6, 6.07) is 27.6. The van der Waals surface area contributed by atoms with Gasteiger partial charge in [-0.15, -0.1) is 0 Å². The van der Waals surface area contributed by atoms with Gasteiger partial charge in [0.05, 0.1) is 12.6 Å². The zero-order valence-electron chi connectivity index (χ0n) is 15.0. The fourth-order valence-electron chi connectivity index (χ4n) is 3.45. The maximum Gasteiger partial charge on any atom is 0.315 e. The molecule has 0 aliphatic carbocycles. The van der Waals surface area contributed by atoms with E-state index in [4.69, 9.17) is 4.74 Å². The van der Waals surface area contributed by atoms with E-state index in [-0.39, 0.29) is 18.0 Å². The molecule has 0 saturated heterocycles. The predicted octanol–water partition coefficient (Wildman–Crippen LogP) is 4.25. The maximum absolute atomic E-state index is 12.6. The highest BCUT2D eigenvalue weighted by Gasteiger charge is 2.24. The van der Waals surface area contributed by atoms with E-state index in [9.17, 15) is 4.79 Å². The molecular formula is C23H22N2O2. The Bertz CT molecular complexity index is 857. The summed E-state index contributed by atoms with van der Waals surface area (Å²) in [5.41, 5.74) is 3.25. The molecule has 1 heterocycles. The number of rotatable bonds is 5. The molecule has 0 saturated carbocycles. The first-order valence-electron chi connectivity index (χ1n) is 9.17. The molecule has 0 spiro atoms. The largest absolute Gasteiger partial charge is 0.493 e. The first kappa shape index (κ1) is 17.2. The molecule has 0 bridgehead atoms. The van der Waals surface area contributed by atoms with Crippen LogP contribution in [0.15, 0.2) is 84.9 Å². The molecule has 3 aromatic rings. The maximum atomic E-state index is 12.6. The van der Waals surface area contributed by atoms with Crippen LogP contribution in [-0.4, -0.2) is 19.2 Å². The molecule has 136 valence electrons. The van der Waals surface area contributed by atoms with Gasteiger partial charge in [0.25, 0.3) is 0 Å². The van der Waals surface area contributed by atoms with E-state index in [1.807, 2.05) is 78.9 Å². The van der Waals surface area contributed by atoms with Gasteiger partial charge >= 0.3 is 6.03 Å². The number of carbonyl (C=O) groups is 1. The number of amides is 2. The van der Waals surface area contributed by atoms with Crippen molar-refractivity contribution in [1.82, 2.24) is 10.6 Å². The number of hydrogen-bond donors (Lipinski definition) is 2. The number of urea groups is 1. The molecule has 1 atom stereocenters. The van der Waals surface area contributed by atoms with Crippen LogP contribution in [-0.2, 0) is 0 Å². The molecule has 1 aliphatic rings. The lowest BCUT2D eigenvalue weighted by molar-refractivity contribution is 0.237. The summed E-state index contributed by atoms with van der Waals surface area (Å²) in [4.78, 5) is 12.6. The van der Waals surface area contributed by atoms with Gasteiger partial charge in [-0.3, -0.25) is 0 Å². The van der Waals surface area contributed by atoms with Gasteiger partial charge in [-0.25, -0.2) is 4.79 Å². The van der Waals surface area contributed by atoms with Gasteiger partial charge in [-0.05, 0) is 17.2 Å². The molecule has 4 rings (SSSR count). The molecule has 2 amide bonds. The first-order chi connectivity index (χ1) is 13.3. The monoisotopic (exact) mass is 358 g/mol. The first-order valence-corrected chi connectivity index (χ1v) is 9.17. The smallest absolute Gasteiger partial charge is 0.315 e. The van der Waals surface area contributed by atoms with E-state index >= 15 is 0 Å². The summed E-state index contributed by atoms with van der Waals surface area (Å²) in [7, 11) is 0. The van der Waals surface area contributed by atoms with Crippen molar-refractivity contribution in [3.8, 4) is 5.75 Å². The minimum atomic E-state index is -0.195. The molecule has 0 radical (unpaired) electrons. The fourth-order valence-corrected chi connectivity index (χ4v) is 3.45. The van der Waals surface area contributed by atoms with Crippen LogP contribution >= 0.6 is 0 Å². The molecule has 0 unspecified atom stereocenters. The van der Waals surface area contributed by atoms with E-state index < -0.39 is 0 Å². The average molecular weight is 358 g/mol. The normalized spacial score (nSPS) is 15.1. The van der Waals surface area contributed by atoms with Crippen LogP contribution in [0.2, 0.25) is 0 Å². The molecule has 1 aliphatic heterocycles. The average Bonchev–Trinajstić information content (AvgIpc) is 3.15. The minimum Gasteiger partial charge on any atom is -0.493 e. The lowest BCUT2D eigenvalue weighted by Crippen LogP contribution is -2.40. The summed E-state index contributed by atoms with van der Waals surface area (Å²) < 4.78 is 5.69. The van der Waals surface area contributed by atoms with Gasteiger partial charge in [0, 0.05) is 18.0 Å². The number of ether oxygens (including phenoxy) is 1. The van der Waals surface area contributed by atoms with Crippen molar-refractivity contribution < 1.29 is 9.53 Å². The second-order valence-corrected chi connectivity index (χ2v) is 6.65. The Morgan fingerprint density at radius 3 is 2.15 bits per heavy atom. The van der Waals surface area contributed by atoms with Crippen molar-refractivity contribution in [2.45, 2.75) is 12.0 Å². The second-order valence-electron chi connectivity index (χ2n) is 6.65. The molecule has 4 heteroatoms. The number of benzene rings is 3. The molecule has 3 aromatic carbocycles. The Morgan fingerprint density at radius 1 is 0.889 bits per heavy atom. The highest BCUT2D eigenvalue weighted by atomic mass is 16.5. The van der Waals surface area contributed by atoms with Crippen molar-refractivity contribution in [1.29, 1.82) is 0 Å². The van der Waals surface area contributed by atoms with Crippen LogP contribution in [0.25, 0.3) is 0 Å². The second kappa shape index (κ2) is 7.96. The van der Waals surface area contributed by atoms with Crippen molar-refractivity contribution in [2.24, 2.45) is 0 Å². The molecule has 0 aromatic heterocycles. The van der Waals surface area contributed by atoms with Crippen LogP contribution in [0, 0.1) is 0 Å². The van der Waals surface area contributed by atoms with Gasteiger partial charge in [-0.2, -0.15) is 0 Å². The Kier molecular flexibility index (Phi) is 5.06. The van der Waals surface area contributed by atoms with Crippen molar-refractivity contribution in [2.75, 3.05) is 13.2 Å². The minimum absolute atomic E-state index is 0.179. The van der Waals surface area contributed by atoms with Gasteiger partial charge < -0.3 is 15.4 Å². The Morgan fingerprint density at radius 2 is 1.48 bits per heavy atom. The quantitative estimate of drug-likeness (QED) is 0.716. The summed E-state index contributed by atoms with van der Waals surface area (Å²) in [5.74, 6) is 1.09. The van der Waals surface area contributed by atoms with Crippen molar-refractivity contribution in [3.63, 3.8) is 0 Å². The number of para-hydroxylation sites is 1. The van der Waals surface area contributed by atoms with Gasteiger partial charge in [0.1, 0.15) is 5.75 Å². The third-order valence-corrected chi connectivity index (χ3v) is 4.85. The van der Waals surface area contributed by atoms with Gasteiger partial charge in [0.15, 0.2) is 0 Å². The zero-order valence-corrected chi connectivity index (χ0v) is 15.0. The Balaban J connectivity index is 1.44. The van der Waals surface area contributed by atoms with Crippen LogP contribution in [0.3, 0.4) is 0 Å². The van der Waals surface area contributed by atoms with Crippen LogP contribution in [0.1, 0.15) is 28.7 Å². The van der Waals surface area contributed by atoms with E-state index in [1.54, 1.807) is 0 Å². The van der Waals surface area contributed by atoms with Crippen LogP contribution < -0.4 is 15.4 Å². The van der Waals surface area contributed by atoms with Gasteiger partial charge in [-0.1, -0.05) is 78.9 Å². The number of nitrogens with one attached hydrogen (secondary N) is 2. The zero-order chi connectivity index (χ0) is 18.5. The van der Waals surface area contributed by atoms with E-state index in [0.717, 1.165) is 22.4 Å². The number of hydrogen-bond acceptors (Lipinski definition) is 2. The van der Waals surface area contributed by atoms with Crippen molar-refractivity contribution in [3.05, 3.63) is 102 Å². The molecule has 0 fully saturated rings. The fraction of sp³-hybridized carbons (Fsp3) is 0.174. The van der Waals surface area contributed by atoms with Crippen molar-refractivity contribution >= 4 is 6.03 Å². The molecule has 2 N–H and O–H groups in total. The Hall–Kier alpha value is -3.27. The lowest BCUT2D eigenvalue weighted by Gasteiger charge is -2.21. The van der Waals surface area contributed by atoms with Crippen LogP contribution in [0.4, 0.5) is 4.79 Å². The SMILES string of the molecule is O=C(NC[C@@H]1COc2ccccc21)NC(c1ccccc1)c1ccccc1. The van der Waals surface area contributed by atoms with E-state index in [0.29, 0.717) is 13.2 Å². The summed E-state index contributed by atoms with van der Waals surface area (Å²) in [5, 5.41) is 6.11. The summed E-state index contributed by atoms with van der Waals surface area (Å²) in [6.45, 7) is 1.14. The van der Waals surface area contributed by atoms with Crippen LogP contribution in [0.5, 0.6) is 5.75 Å². The highest BCUT2D eigenvalue weighted by Crippen LogP contribution is 2.32. The third-order valence-electron chi connectivity index (χ3n) is 4.85. The highest BCUT2D eigenvalue weighted by molar-refractivity contribution is 5.75. The Labute approximate surface area is 159 Å². The predicted molar refractivity (Wildman–Crippen MR) is 106 cm³/mol. The molecule has 27 heavy (non-hydrogen) atoms. The number of carbonyl (C=O) groups excluding carboxylic acids is 1. The van der Waals surface area contributed by atoms with Gasteiger partial charge in [0.2, 0.25) is 0 Å². The summed E-state index contributed by atoms with van der Waals surface area (Å²) in [6.07, 6.45) is 0. The van der Waals surface area contributed by atoms with E-state index in [1.165, 1.54) is 0 Å².